The van der Waals surface area contributed by atoms with Gasteiger partial charge in [0.2, 0.25) is 0 Å². The van der Waals surface area contributed by atoms with Gasteiger partial charge >= 0.3 is 0 Å². The number of nitro benzene ring substituents is 1. The minimum atomic E-state index is -0.456. The van der Waals surface area contributed by atoms with E-state index in [9.17, 15) is 15.4 Å². The van der Waals surface area contributed by atoms with Gasteiger partial charge in [-0.25, -0.2) is 4.68 Å². The maximum atomic E-state index is 10.9. The third kappa shape index (κ3) is 2.74. The van der Waals surface area contributed by atoms with Gasteiger partial charge in [-0.1, -0.05) is 25.1 Å². The van der Waals surface area contributed by atoms with Crippen molar-refractivity contribution >= 4 is 5.69 Å². The zero-order valence-corrected chi connectivity index (χ0v) is 11.9. The fraction of sp³-hybridized carbons (Fsp3) is 0.357. The van der Waals surface area contributed by atoms with Crippen molar-refractivity contribution in [1.29, 1.82) is 5.26 Å². The lowest BCUT2D eigenvalue weighted by Gasteiger charge is -2.14. The van der Waals surface area contributed by atoms with Crippen LogP contribution in [0.1, 0.15) is 44.0 Å². The molecule has 0 unspecified atom stereocenters. The van der Waals surface area contributed by atoms with Crippen LogP contribution in [-0.4, -0.2) is 19.9 Å². The molecule has 1 aromatic heterocycles. The minimum Gasteiger partial charge on any atom is -0.258 e. The normalized spacial score (nSPS) is 10.6. The highest BCUT2D eigenvalue weighted by atomic mass is 16.6. The fourth-order valence-electron chi connectivity index (χ4n) is 2.34. The van der Waals surface area contributed by atoms with Crippen LogP contribution in [0.2, 0.25) is 0 Å². The molecular weight excluding hydrogens is 270 g/mol. The highest BCUT2D eigenvalue weighted by Crippen LogP contribution is 2.28. The first-order valence-corrected chi connectivity index (χ1v) is 6.72. The molecule has 0 atom stereocenters. The van der Waals surface area contributed by atoms with Crippen LogP contribution in [0, 0.1) is 21.4 Å². The van der Waals surface area contributed by atoms with Crippen molar-refractivity contribution in [3.63, 3.8) is 0 Å². The lowest BCUT2D eigenvalue weighted by molar-refractivity contribution is -0.384. The summed E-state index contributed by atoms with van der Waals surface area (Å²) in [5, 5.41) is 28.0. The average Bonchev–Trinajstić information content (AvgIpc) is 2.92. The third-order valence-electron chi connectivity index (χ3n) is 3.47. The Labute approximate surface area is 122 Å². The molecule has 1 aromatic carbocycles. The number of hydrogen-bond donors (Lipinski definition) is 0. The molecule has 0 aliphatic rings. The van der Waals surface area contributed by atoms with Gasteiger partial charge in [0.25, 0.3) is 5.69 Å². The number of benzene rings is 1. The van der Waals surface area contributed by atoms with E-state index in [1.54, 1.807) is 12.1 Å². The third-order valence-corrected chi connectivity index (χ3v) is 3.47. The molecule has 0 aliphatic carbocycles. The highest BCUT2D eigenvalue weighted by molar-refractivity contribution is 5.45. The Balaban J connectivity index is 2.59. The van der Waals surface area contributed by atoms with E-state index < -0.39 is 4.92 Å². The number of nitriles is 1. The Bertz CT molecular complexity index is 698. The Morgan fingerprint density at radius 2 is 2.14 bits per heavy atom. The van der Waals surface area contributed by atoms with Gasteiger partial charge in [-0.15, -0.1) is 5.10 Å². The van der Waals surface area contributed by atoms with Gasteiger partial charge in [0.05, 0.1) is 16.3 Å². The zero-order chi connectivity index (χ0) is 15.4. The zero-order valence-electron chi connectivity index (χ0n) is 11.9. The summed E-state index contributed by atoms with van der Waals surface area (Å²) in [7, 11) is 0. The van der Waals surface area contributed by atoms with Gasteiger partial charge in [-0.2, -0.15) is 5.26 Å². The summed E-state index contributed by atoms with van der Waals surface area (Å²) in [5.41, 5.74) is 1.51. The topological polar surface area (TPSA) is 97.6 Å². The van der Waals surface area contributed by atoms with Crippen LogP contribution < -0.4 is 0 Å². The van der Waals surface area contributed by atoms with E-state index in [0.29, 0.717) is 11.4 Å². The van der Waals surface area contributed by atoms with Crippen molar-refractivity contribution in [3.8, 4) is 11.8 Å². The molecule has 0 radical (unpaired) electrons. The van der Waals surface area contributed by atoms with Crippen LogP contribution >= 0.6 is 0 Å². The Hall–Kier alpha value is -2.75. The van der Waals surface area contributed by atoms with Crippen LogP contribution in [0.4, 0.5) is 5.69 Å². The maximum absolute atomic E-state index is 10.9. The second kappa shape index (κ2) is 6.13. The molecule has 7 nitrogen and oxygen atoms in total. The van der Waals surface area contributed by atoms with E-state index in [1.165, 1.54) is 16.8 Å². The molecule has 2 aromatic rings. The second-order valence-electron chi connectivity index (χ2n) is 4.64. The van der Waals surface area contributed by atoms with Crippen LogP contribution in [0.15, 0.2) is 24.3 Å². The summed E-state index contributed by atoms with van der Waals surface area (Å²) in [4.78, 5) is 10.4. The van der Waals surface area contributed by atoms with Crippen molar-refractivity contribution in [2.75, 3.05) is 0 Å². The fourth-order valence-corrected chi connectivity index (χ4v) is 2.34. The van der Waals surface area contributed by atoms with E-state index in [0.717, 1.165) is 12.8 Å². The smallest absolute Gasteiger partial charge is 0.258 e. The molecule has 0 aliphatic heterocycles. The molecule has 2 rings (SSSR count). The van der Waals surface area contributed by atoms with Gasteiger partial charge in [0, 0.05) is 18.1 Å². The molecule has 0 N–H and O–H groups in total. The summed E-state index contributed by atoms with van der Waals surface area (Å²) >= 11 is 0. The molecule has 0 bridgehead atoms. The molecule has 21 heavy (non-hydrogen) atoms. The molecule has 0 fully saturated rings. The van der Waals surface area contributed by atoms with Gasteiger partial charge < -0.3 is 0 Å². The Kier molecular flexibility index (Phi) is 4.28. The molecule has 108 valence electrons. The van der Waals surface area contributed by atoms with Crippen LogP contribution in [0.5, 0.6) is 0 Å². The molecule has 0 spiro atoms. The van der Waals surface area contributed by atoms with Crippen molar-refractivity contribution < 1.29 is 4.92 Å². The van der Waals surface area contributed by atoms with Crippen molar-refractivity contribution in [3.05, 3.63) is 45.8 Å². The quantitative estimate of drug-likeness (QED) is 0.621. The number of nitro groups is 1. The summed E-state index contributed by atoms with van der Waals surface area (Å²) in [5.74, 6) is 0.133. The SMILES string of the molecule is CCC(CC)c1c(C#N)nnn1-c1cccc([N+](=O)[O-])c1. The lowest BCUT2D eigenvalue weighted by atomic mass is 9.97. The Morgan fingerprint density at radius 1 is 1.43 bits per heavy atom. The van der Waals surface area contributed by atoms with Crippen LogP contribution in [0.3, 0.4) is 0 Å². The number of nitrogens with zero attached hydrogens (tertiary/aromatic N) is 5. The van der Waals surface area contributed by atoms with E-state index in [2.05, 4.69) is 10.3 Å². The monoisotopic (exact) mass is 285 g/mol. The molecule has 0 saturated heterocycles. The van der Waals surface area contributed by atoms with Crippen molar-refractivity contribution in [2.24, 2.45) is 0 Å². The summed E-state index contributed by atoms with van der Waals surface area (Å²) in [6, 6.07) is 8.21. The van der Waals surface area contributed by atoms with E-state index in [-0.39, 0.29) is 17.3 Å². The summed E-state index contributed by atoms with van der Waals surface area (Å²) in [6.45, 7) is 4.06. The lowest BCUT2D eigenvalue weighted by Crippen LogP contribution is -2.08. The predicted octanol–water partition coefficient (Wildman–Crippen LogP) is 2.95. The molecule has 1 heterocycles. The molecule has 7 heteroatoms. The van der Waals surface area contributed by atoms with Crippen molar-refractivity contribution in [1.82, 2.24) is 15.0 Å². The van der Waals surface area contributed by atoms with Gasteiger partial charge in [0.15, 0.2) is 5.69 Å². The summed E-state index contributed by atoms with van der Waals surface area (Å²) in [6.07, 6.45) is 1.68. The number of rotatable bonds is 5. The molecular formula is C14H15N5O2. The van der Waals surface area contributed by atoms with E-state index in [4.69, 9.17) is 0 Å². The number of aromatic nitrogens is 3. The molecule has 0 saturated carbocycles. The largest absolute Gasteiger partial charge is 0.271 e. The standard InChI is InChI=1S/C14H15N5O2/c1-3-10(4-2)14-13(9-15)16-17-18(14)11-6-5-7-12(8-11)19(20)21/h5-8,10H,3-4H2,1-2H3. The minimum absolute atomic E-state index is 0.0167. The maximum Gasteiger partial charge on any atom is 0.271 e. The van der Waals surface area contributed by atoms with Crippen LogP contribution in [-0.2, 0) is 0 Å². The van der Waals surface area contributed by atoms with Gasteiger partial charge in [0.1, 0.15) is 6.07 Å². The first-order chi connectivity index (χ1) is 10.1. The van der Waals surface area contributed by atoms with Gasteiger partial charge in [-0.05, 0) is 18.9 Å². The van der Waals surface area contributed by atoms with E-state index >= 15 is 0 Å². The van der Waals surface area contributed by atoms with Crippen molar-refractivity contribution in [2.45, 2.75) is 32.6 Å². The first kappa shape index (κ1) is 14.7. The Morgan fingerprint density at radius 3 is 2.71 bits per heavy atom. The highest BCUT2D eigenvalue weighted by Gasteiger charge is 2.21. The predicted molar refractivity (Wildman–Crippen MR) is 76.1 cm³/mol. The average molecular weight is 285 g/mol. The summed E-state index contributed by atoms with van der Waals surface area (Å²) < 4.78 is 1.53. The first-order valence-electron chi connectivity index (χ1n) is 6.72. The van der Waals surface area contributed by atoms with Crippen LogP contribution in [0.25, 0.3) is 5.69 Å². The van der Waals surface area contributed by atoms with Gasteiger partial charge in [-0.3, -0.25) is 10.1 Å². The van der Waals surface area contributed by atoms with E-state index in [1.807, 2.05) is 19.9 Å². The number of hydrogen-bond acceptors (Lipinski definition) is 5. The molecule has 0 amide bonds. The number of non-ortho nitro benzene ring substituents is 1. The second-order valence-corrected chi connectivity index (χ2v) is 4.64.